The van der Waals surface area contributed by atoms with Crippen LogP contribution in [0, 0.1) is 12.8 Å². The number of para-hydroxylation sites is 1. The number of hydrogen-bond acceptors (Lipinski definition) is 4. The van der Waals surface area contributed by atoms with Gasteiger partial charge in [-0.25, -0.2) is 13.1 Å². The van der Waals surface area contributed by atoms with Gasteiger partial charge >= 0.3 is 0 Å². The number of benzene rings is 1. The molecule has 6 nitrogen and oxygen atoms in total. The molecule has 1 heterocycles. The highest BCUT2D eigenvalue weighted by molar-refractivity contribution is 7.88. The predicted molar refractivity (Wildman–Crippen MR) is 89.5 cm³/mol. The van der Waals surface area contributed by atoms with Crippen molar-refractivity contribution < 1.29 is 17.6 Å². The molecule has 0 saturated carbocycles. The maximum atomic E-state index is 12.0. The summed E-state index contributed by atoms with van der Waals surface area (Å²) in [6.45, 7) is 5.61. The van der Waals surface area contributed by atoms with Crippen LogP contribution in [0.4, 0.5) is 0 Å². The summed E-state index contributed by atoms with van der Waals surface area (Å²) in [5.41, 5.74) is 1.75. The van der Waals surface area contributed by atoms with Crippen LogP contribution in [0.15, 0.2) is 28.7 Å². The molecule has 0 aliphatic carbocycles. The second kappa shape index (κ2) is 6.72. The monoisotopic (exact) mass is 338 g/mol. The Morgan fingerprint density at radius 1 is 1.26 bits per heavy atom. The average Bonchev–Trinajstić information content (AvgIpc) is 2.79. The molecule has 0 fully saturated rings. The fourth-order valence-electron chi connectivity index (χ4n) is 2.45. The van der Waals surface area contributed by atoms with Crippen molar-refractivity contribution in [3.05, 3.63) is 35.6 Å². The molecule has 0 aliphatic heterocycles. The molecule has 7 heteroatoms. The van der Waals surface area contributed by atoms with Crippen LogP contribution in [0.3, 0.4) is 0 Å². The van der Waals surface area contributed by atoms with Gasteiger partial charge in [0.05, 0.1) is 18.8 Å². The van der Waals surface area contributed by atoms with Gasteiger partial charge in [-0.15, -0.1) is 0 Å². The molecule has 0 saturated heterocycles. The third-order valence-electron chi connectivity index (χ3n) is 3.64. The van der Waals surface area contributed by atoms with Crippen LogP contribution >= 0.6 is 0 Å². The summed E-state index contributed by atoms with van der Waals surface area (Å²) in [6.07, 6.45) is 1.02. The van der Waals surface area contributed by atoms with Gasteiger partial charge in [0, 0.05) is 10.9 Å². The molecule has 1 amide bonds. The molecule has 2 rings (SSSR count). The van der Waals surface area contributed by atoms with Gasteiger partial charge in [-0.05, 0) is 18.9 Å². The van der Waals surface area contributed by atoms with E-state index in [9.17, 15) is 13.2 Å². The number of aryl methyl sites for hydroxylation is 1. The highest BCUT2D eigenvalue weighted by Gasteiger charge is 2.25. The molecular formula is C16H22N2O4S. The Hall–Kier alpha value is -1.86. The lowest BCUT2D eigenvalue weighted by Gasteiger charge is -2.21. The van der Waals surface area contributed by atoms with Crippen molar-refractivity contribution in [3.63, 3.8) is 0 Å². The van der Waals surface area contributed by atoms with E-state index in [4.69, 9.17) is 4.42 Å². The quantitative estimate of drug-likeness (QED) is 0.844. The molecule has 1 aromatic heterocycles. The number of furan rings is 1. The third kappa shape index (κ3) is 4.33. The summed E-state index contributed by atoms with van der Waals surface area (Å²) in [5.74, 6) is 0.402. The molecule has 0 aliphatic rings. The predicted octanol–water partition coefficient (Wildman–Crippen LogP) is 2.10. The summed E-state index contributed by atoms with van der Waals surface area (Å²) < 4.78 is 30.3. The van der Waals surface area contributed by atoms with Crippen molar-refractivity contribution in [3.8, 4) is 0 Å². The molecule has 0 radical (unpaired) electrons. The summed E-state index contributed by atoms with van der Waals surface area (Å²) in [7, 11) is -3.40. The second-order valence-corrected chi connectivity index (χ2v) is 7.80. The first-order valence-electron chi connectivity index (χ1n) is 7.41. The Morgan fingerprint density at radius 2 is 1.91 bits per heavy atom. The number of fused-ring (bicyclic) bond motifs is 1. The zero-order valence-electron chi connectivity index (χ0n) is 13.7. The van der Waals surface area contributed by atoms with Crippen molar-refractivity contribution in [2.75, 3.05) is 12.8 Å². The molecule has 1 atom stereocenters. The molecule has 23 heavy (non-hydrogen) atoms. The lowest BCUT2D eigenvalue weighted by atomic mass is 9.98. The maximum absolute atomic E-state index is 12.0. The summed E-state index contributed by atoms with van der Waals surface area (Å²) in [5, 5.41) is 3.86. The fourth-order valence-corrected chi connectivity index (χ4v) is 2.84. The Balaban J connectivity index is 2.24. The van der Waals surface area contributed by atoms with Crippen molar-refractivity contribution in [2.45, 2.75) is 26.8 Å². The number of nitrogens with one attached hydrogen (secondary N) is 2. The fraction of sp³-hybridized carbons (Fsp3) is 0.438. The van der Waals surface area contributed by atoms with Crippen LogP contribution < -0.4 is 10.0 Å². The maximum Gasteiger partial charge on any atom is 0.235 e. The minimum absolute atomic E-state index is 0.0939. The van der Waals surface area contributed by atoms with Gasteiger partial charge in [-0.3, -0.25) is 4.79 Å². The first-order valence-corrected chi connectivity index (χ1v) is 9.30. The Bertz CT molecular complexity index is 809. The number of carbonyl (C=O) groups is 1. The largest absolute Gasteiger partial charge is 0.459 e. The molecule has 126 valence electrons. The van der Waals surface area contributed by atoms with Crippen molar-refractivity contribution in [1.82, 2.24) is 10.0 Å². The number of hydrogen-bond donors (Lipinski definition) is 2. The Kier molecular flexibility index (Phi) is 5.11. The lowest BCUT2D eigenvalue weighted by molar-refractivity contribution is -0.121. The molecular weight excluding hydrogens is 316 g/mol. The van der Waals surface area contributed by atoms with E-state index in [0.29, 0.717) is 5.76 Å². The standard InChI is InChI=1S/C16H22N2O4S/c1-10(2)15(18-14(19)9-17-23(4,20)21)16-11(3)12-7-5-6-8-13(12)22-16/h5-8,10,15,17H,9H2,1-4H3,(H,18,19)/t15-/m1/s1. The van der Waals surface area contributed by atoms with Crippen molar-refractivity contribution in [1.29, 1.82) is 0 Å². The van der Waals surface area contributed by atoms with Gasteiger partial charge in [0.2, 0.25) is 15.9 Å². The SMILES string of the molecule is Cc1c([C@H](NC(=O)CNS(C)(=O)=O)C(C)C)oc2ccccc12. The number of rotatable bonds is 6. The highest BCUT2D eigenvalue weighted by Crippen LogP contribution is 2.32. The zero-order chi connectivity index (χ0) is 17.2. The molecule has 2 N–H and O–H groups in total. The first kappa shape index (κ1) is 17.5. The van der Waals surface area contributed by atoms with Crippen LogP contribution in [0.1, 0.15) is 31.2 Å². The van der Waals surface area contributed by atoms with E-state index in [1.54, 1.807) is 0 Å². The molecule has 2 aromatic rings. The Labute approximate surface area is 136 Å². The van der Waals surface area contributed by atoms with E-state index in [0.717, 1.165) is 22.8 Å². The van der Waals surface area contributed by atoms with Crippen molar-refractivity contribution >= 4 is 26.9 Å². The van der Waals surface area contributed by atoms with Gasteiger partial charge in [-0.2, -0.15) is 0 Å². The van der Waals surface area contributed by atoms with E-state index >= 15 is 0 Å². The van der Waals surface area contributed by atoms with Gasteiger partial charge in [0.25, 0.3) is 0 Å². The Morgan fingerprint density at radius 3 is 2.48 bits per heavy atom. The van der Waals surface area contributed by atoms with E-state index in [1.165, 1.54) is 0 Å². The summed E-state index contributed by atoms with van der Waals surface area (Å²) >= 11 is 0. The molecule has 1 aromatic carbocycles. The number of carbonyl (C=O) groups excluding carboxylic acids is 1. The van der Waals surface area contributed by atoms with Crippen LogP contribution in [-0.4, -0.2) is 27.1 Å². The van der Waals surface area contributed by atoms with Gasteiger partial charge in [0.1, 0.15) is 11.3 Å². The second-order valence-electron chi connectivity index (χ2n) is 5.97. The molecule has 0 spiro atoms. The van der Waals surface area contributed by atoms with Crippen LogP contribution in [-0.2, 0) is 14.8 Å². The average molecular weight is 338 g/mol. The highest BCUT2D eigenvalue weighted by atomic mass is 32.2. The van der Waals surface area contributed by atoms with E-state index in [2.05, 4.69) is 10.0 Å². The van der Waals surface area contributed by atoms with Gasteiger partial charge < -0.3 is 9.73 Å². The minimum atomic E-state index is -3.40. The van der Waals surface area contributed by atoms with E-state index in [-0.39, 0.29) is 18.5 Å². The lowest BCUT2D eigenvalue weighted by Crippen LogP contribution is -2.39. The summed E-state index contributed by atoms with van der Waals surface area (Å²) in [6, 6.07) is 7.37. The van der Waals surface area contributed by atoms with Gasteiger partial charge in [-0.1, -0.05) is 32.0 Å². The van der Waals surface area contributed by atoms with Crippen molar-refractivity contribution in [2.24, 2.45) is 5.92 Å². The smallest absolute Gasteiger partial charge is 0.235 e. The topological polar surface area (TPSA) is 88.4 Å². The van der Waals surface area contributed by atoms with E-state index in [1.807, 2.05) is 45.0 Å². The number of sulfonamides is 1. The molecule has 0 bridgehead atoms. The van der Waals surface area contributed by atoms with Gasteiger partial charge in [0.15, 0.2) is 0 Å². The first-order chi connectivity index (χ1) is 10.7. The van der Waals surface area contributed by atoms with Crippen LogP contribution in [0.5, 0.6) is 0 Å². The normalized spacial score (nSPS) is 13.4. The summed E-state index contributed by atoms with van der Waals surface area (Å²) in [4.78, 5) is 12.0. The number of amides is 1. The third-order valence-corrected chi connectivity index (χ3v) is 4.31. The minimum Gasteiger partial charge on any atom is -0.459 e. The van der Waals surface area contributed by atoms with Crippen LogP contribution in [0.2, 0.25) is 0 Å². The van der Waals surface area contributed by atoms with E-state index < -0.39 is 15.9 Å². The van der Waals surface area contributed by atoms with Crippen LogP contribution in [0.25, 0.3) is 11.0 Å². The zero-order valence-corrected chi connectivity index (χ0v) is 14.5. The molecule has 0 unspecified atom stereocenters.